The number of aromatic nitrogens is 4. The SMILES string of the molecule is Cc1nn(C)c2ncn(CC(=O)NCCCOc3cccc(Cl)c3)c(=O)c12. The van der Waals surface area contributed by atoms with Gasteiger partial charge in [-0.1, -0.05) is 17.7 Å². The Morgan fingerprint density at radius 2 is 2.19 bits per heavy atom. The fraction of sp³-hybridized carbons (Fsp3) is 0.333. The van der Waals surface area contributed by atoms with Crippen LogP contribution in [0.3, 0.4) is 0 Å². The molecule has 0 aliphatic heterocycles. The van der Waals surface area contributed by atoms with E-state index in [0.29, 0.717) is 47.1 Å². The van der Waals surface area contributed by atoms with Crippen molar-refractivity contribution in [2.24, 2.45) is 7.05 Å². The van der Waals surface area contributed by atoms with E-state index < -0.39 is 0 Å². The predicted octanol–water partition coefficient (Wildman–Crippen LogP) is 1.68. The first-order chi connectivity index (χ1) is 13.0. The van der Waals surface area contributed by atoms with Gasteiger partial charge in [0.05, 0.1) is 12.3 Å². The molecule has 8 nitrogen and oxygen atoms in total. The Bertz CT molecular complexity index is 1030. The topological polar surface area (TPSA) is 91.0 Å². The molecule has 0 aliphatic rings. The third-order valence-corrected chi connectivity index (χ3v) is 4.24. The monoisotopic (exact) mass is 389 g/mol. The molecule has 0 bridgehead atoms. The molecule has 2 heterocycles. The van der Waals surface area contributed by atoms with Crippen LogP contribution in [0.1, 0.15) is 12.1 Å². The highest BCUT2D eigenvalue weighted by atomic mass is 35.5. The van der Waals surface area contributed by atoms with Crippen molar-refractivity contribution in [3.63, 3.8) is 0 Å². The summed E-state index contributed by atoms with van der Waals surface area (Å²) in [5, 5.41) is 8.01. The van der Waals surface area contributed by atoms with Crippen LogP contribution in [0.25, 0.3) is 11.0 Å². The van der Waals surface area contributed by atoms with Gasteiger partial charge in [-0.05, 0) is 31.5 Å². The lowest BCUT2D eigenvalue weighted by Gasteiger charge is -2.09. The number of benzene rings is 1. The van der Waals surface area contributed by atoms with Crippen molar-refractivity contribution in [1.82, 2.24) is 24.6 Å². The smallest absolute Gasteiger partial charge is 0.265 e. The van der Waals surface area contributed by atoms with Crippen molar-refractivity contribution < 1.29 is 9.53 Å². The van der Waals surface area contributed by atoms with Gasteiger partial charge in [-0.3, -0.25) is 14.2 Å². The lowest BCUT2D eigenvalue weighted by atomic mass is 10.3. The molecule has 0 fully saturated rings. The van der Waals surface area contributed by atoms with Crippen molar-refractivity contribution in [1.29, 1.82) is 0 Å². The first-order valence-corrected chi connectivity index (χ1v) is 8.87. The van der Waals surface area contributed by atoms with Crippen LogP contribution in [-0.4, -0.2) is 38.4 Å². The Balaban J connectivity index is 1.50. The highest BCUT2D eigenvalue weighted by Crippen LogP contribution is 2.17. The van der Waals surface area contributed by atoms with Gasteiger partial charge < -0.3 is 10.1 Å². The largest absolute Gasteiger partial charge is 0.493 e. The van der Waals surface area contributed by atoms with Crippen molar-refractivity contribution in [2.75, 3.05) is 13.2 Å². The highest BCUT2D eigenvalue weighted by Gasteiger charge is 2.13. The molecular weight excluding hydrogens is 370 g/mol. The summed E-state index contributed by atoms with van der Waals surface area (Å²) < 4.78 is 8.40. The van der Waals surface area contributed by atoms with Crippen LogP contribution in [-0.2, 0) is 18.4 Å². The molecule has 0 saturated carbocycles. The third kappa shape index (κ3) is 4.46. The van der Waals surface area contributed by atoms with E-state index in [-0.39, 0.29) is 18.0 Å². The van der Waals surface area contributed by atoms with E-state index in [1.807, 2.05) is 12.1 Å². The maximum atomic E-state index is 12.5. The van der Waals surface area contributed by atoms with Crippen molar-refractivity contribution in [2.45, 2.75) is 19.9 Å². The summed E-state index contributed by atoms with van der Waals surface area (Å²) >= 11 is 5.89. The Kier molecular flexibility index (Phi) is 5.75. The number of hydrogen-bond donors (Lipinski definition) is 1. The van der Waals surface area contributed by atoms with E-state index in [4.69, 9.17) is 16.3 Å². The Morgan fingerprint density at radius 1 is 1.37 bits per heavy atom. The Morgan fingerprint density at radius 3 is 2.96 bits per heavy atom. The van der Waals surface area contributed by atoms with Gasteiger partial charge in [0.25, 0.3) is 5.56 Å². The van der Waals surface area contributed by atoms with Crippen molar-refractivity contribution in [3.8, 4) is 5.75 Å². The quantitative estimate of drug-likeness (QED) is 0.621. The molecule has 142 valence electrons. The Hall–Kier alpha value is -2.87. The molecule has 0 aliphatic carbocycles. The molecule has 3 rings (SSSR count). The maximum Gasteiger partial charge on any atom is 0.265 e. The van der Waals surface area contributed by atoms with Crippen molar-refractivity contribution in [3.05, 3.63) is 51.7 Å². The average Bonchev–Trinajstić information content (AvgIpc) is 2.91. The summed E-state index contributed by atoms with van der Waals surface area (Å²) in [5.74, 6) is 0.425. The van der Waals surface area contributed by atoms with Crippen LogP contribution in [0.2, 0.25) is 5.02 Å². The van der Waals surface area contributed by atoms with Crippen LogP contribution in [0.4, 0.5) is 0 Å². The van der Waals surface area contributed by atoms with Gasteiger partial charge in [-0.15, -0.1) is 0 Å². The summed E-state index contributed by atoms with van der Waals surface area (Å²) in [5.41, 5.74) is 0.829. The summed E-state index contributed by atoms with van der Waals surface area (Å²) in [6.45, 7) is 2.54. The molecule has 9 heteroatoms. The average molecular weight is 390 g/mol. The summed E-state index contributed by atoms with van der Waals surface area (Å²) in [4.78, 5) is 28.8. The van der Waals surface area contributed by atoms with Crippen LogP contribution in [0.5, 0.6) is 5.75 Å². The van der Waals surface area contributed by atoms with Crippen LogP contribution in [0, 0.1) is 6.92 Å². The van der Waals surface area contributed by atoms with Gasteiger partial charge in [-0.2, -0.15) is 5.10 Å². The van der Waals surface area contributed by atoms with E-state index in [0.717, 1.165) is 0 Å². The minimum absolute atomic E-state index is 0.0920. The molecule has 0 atom stereocenters. The van der Waals surface area contributed by atoms with Gasteiger partial charge >= 0.3 is 0 Å². The number of hydrogen-bond acceptors (Lipinski definition) is 5. The highest BCUT2D eigenvalue weighted by molar-refractivity contribution is 6.30. The minimum atomic E-state index is -0.273. The number of aryl methyl sites for hydroxylation is 2. The molecule has 1 amide bonds. The molecule has 0 saturated heterocycles. The van der Waals surface area contributed by atoms with E-state index in [1.54, 1.807) is 30.8 Å². The van der Waals surface area contributed by atoms with Crippen LogP contribution < -0.4 is 15.6 Å². The molecule has 2 aromatic heterocycles. The molecule has 1 N–H and O–H groups in total. The third-order valence-electron chi connectivity index (χ3n) is 4.01. The number of fused-ring (bicyclic) bond motifs is 1. The number of carbonyl (C=O) groups is 1. The van der Waals surface area contributed by atoms with Crippen molar-refractivity contribution >= 4 is 28.5 Å². The van der Waals surface area contributed by atoms with Gasteiger partial charge in [0.2, 0.25) is 5.91 Å². The predicted molar refractivity (Wildman–Crippen MR) is 102 cm³/mol. The fourth-order valence-corrected chi connectivity index (χ4v) is 2.92. The number of ether oxygens (including phenoxy) is 1. The molecule has 1 aromatic carbocycles. The number of nitrogens with one attached hydrogen (secondary N) is 1. The number of amides is 1. The first-order valence-electron chi connectivity index (χ1n) is 8.49. The number of rotatable bonds is 7. The zero-order valence-electron chi connectivity index (χ0n) is 15.1. The molecule has 0 unspecified atom stereocenters. The van der Waals surface area contributed by atoms with Gasteiger partial charge in [0.15, 0.2) is 5.65 Å². The van der Waals surface area contributed by atoms with Gasteiger partial charge in [-0.25, -0.2) is 9.67 Å². The van der Waals surface area contributed by atoms with E-state index >= 15 is 0 Å². The zero-order valence-corrected chi connectivity index (χ0v) is 15.9. The zero-order chi connectivity index (χ0) is 19.4. The number of carbonyl (C=O) groups excluding carboxylic acids is 1. The van der Waals surface area contributed by atoms with Crippen LogP contribution >= 0.6 is 11.6 Å². The summed E-state index contributed by atoms with van der Waals surface area (Å²) in [7, 11) is 1.73. The molecular formula is C18H20ClN5O3. The summed E-state index contributed by atoms with van der Waals surface area (Å²) in [6.07, 6.45) is 2.00. The molecule has 27 heavy (non-hydrogen) atoms. The second-order valence-electron chi connectivity index (χ2n) is 6.09. The Labute approximate surface area is 160 Å². The first kappa shape index (κ1) is 18.9. The van der Waals surface area contributed by atoms with E-state index in [2.05, 4.69) is 15.4 Å². The second-order valence-corrected chi connectivity index (χ2v) is 6.53. The lowest BCUT2D eigenvalue weighted by molar-refractivity contribution is -0.121. The van der Waals surface area contributed by atoms with Crippen LogP contribution in [0.15, 0.2) is 35.4 Å². The second kappa shape index (κ2) is 8.22. The number of nitrogens with zero attached hydrogens (tertiary/aromatic N) is 4. The fourth-order valence-electron chi connectivity index (χ4n) is 2.73. The van der Waals surface area contributed by atoms with E-state index in [9.17, 15) is 9.59 Å². The lowest BCUT2D eigenvalue weighted by Crippen LogP contribution is -2.33. The maximum absolute atomic E-state index is 12.5. The normalized spacial score (nSPS) is 10.9. The molecule has 0 radical (unpaired) electrons. The minimum Gasteiger partial charge on any atom is -0.493 e. The molecule has 0 spiro atoms. The summed E-state index contributed by atoms with van der Waals surface area (Å²) in [6, 6.07) is 7.14. The van der Waals surface area contributed by atoms with Gasteiger partial charge in [0.1, 0.15) is 24.0 Å². The van der Waals surface area contributed by atoms with Gasteiger partial charge in [0, 0.05) is 18.6 Å². The molecule has 3 aromatic rings. The number of halogens is 1. The standard InChI is InChI=1S/C18H20ClN5O3/c1-12-16-17(23(2)22-12)21-11-24(18(16)26)10-15(25)20-7-4-8-27-14-6-3-5-13(19)9-14/h3,5-6,9,11H,4,7-8,10H2,1-2H3,(H,20,25). The van der Waals surface area contributed by atoms with E-state index in [1.165, 1.54) is 10.9 Å².